The summed E-state index contributed by atoms with van der Waals surface area (Å²) in [6.07, 6.45) is 5.02. The summed E-state index contributed by atoms with van der Waals surface area (Å²) >= 11 is 0. The number of amides is 1. The predicted molar refractivity (Wildman–Crippen MR) is 58.0 cm³/mol. The Balaban J connectivity index is 2.87. The van der Waals surface area contributed by atoms with Crippen molar-refractivity contribution in [3.8, 4) is 5.88 Å². The fourth-order valence-electron chi connectivity index (χ4n) is 1.08. The molecule has 0 aliphatic rings. The molecular formula is C10H13N3O2. The number of anilines is 1. The van der Waals surface area contributed by atoms with Crippen LogP contribution in [0.15, 0.2) is 18.3 Å². The summed E-state index contributed by atoms with van der Waals surface area (Å²) in [5, 5.41) is 0. The van der Waals surface area contributed by atoms with Crippen molar-refractivity contribution < 1.29 is 9.53 Å². The maximum Gasteiger partial charge on any atom is 0.221 e. The molecule has 15 heavy (non-hydrogen) atoms. The summed E-state index contributed by atoms with van der Waals surface area (Å²) in [5.41, 5.74) is 11.8. The number of methoxy groups -OCH3 is 1. The van der Waals surface area contributed by atoms with Gasteiger partial charge < -0.3 is 16.2 Å². The van der Waals surface area contributed by atoms with Crippen molar-refractivity contribution in [2.75, 3.05) is 12.8 Å². The molecule has 0 aliphatic carbocycles. The lowest BCUT2D eigenvalue weighted by atomic mass is 10.2. The van der Waals surface area contributed by atoms with Crippen LogP contribution in [0.25, 0.3) is 6.08 Å². The highest BCUT2D eigenvalue weighted by atomic mass is 16.5. The Morgan fingerprint density at radius 1 is 1.67 bits per heavy atom. The molecule has 1 amide bonds. The number of rotatable bonds is 4. The standard InChI is InChI=1S/C10H13N3O2/c1-15-10-7(3-2-4-9(12)14)5-8(11)6-13-10/h2-3,5-6H,4,11H2,1H3,(H2,12,14). The fourth-order valence-corrected chi connectivity index (χ4v) is 1.08. The van der Waals surface area contributed by atoms with E-state index in [1.807, 2.05) is 0 Å². The fraction of sp³-hybridized carbons (Fsp3) is 0.200. The first-order valence-electron chi connectivity index (χ1n) is 4.38. The molecule has 0 saturated carbocycles. The van der Waals surface area contributed by atoms with Gasteiger partial charge in [-0.1, -0.05) is 12.2 Å². The molecule has 0 aliphatic heterocycles. The normalized spacial score (nSPS) is 10.5. The summed E-state index contributed by atoms with van der Waals surface area (Å²) in [6.45, 7) is 0. The van der Waals surface area contributed by atoms with Crippen LogP contribution in [0.3, 0.4) is 0 Å². The zero-order valence-electron chi connectivity index (χ0n) is 8.43. The third-order valence-electron chi connectivity index (χ3n) is 1.71. The Kier molecular flexibility index (Phi) is 3.68. The van der Waals surface area contributed by atoms with Crippen LogP contribution >= 0.6 is 0 Å². The molecule has 0 unspecified atom stereocenters. The van der Waals surface area contributed by atoms with Gasteiger partial charge in [-0.2, -0.15) is 0 Å². The summed E-state index contributed by atoms with van der Waals surface area (Å²) in [4.78, 5) is 14.5. The van der Waals surface area contributed by atoms with Crippen molar-refractivity contribution in [3.05, 3.63) is 23.9 Å². The predicted octanol–water partition coefficient (Wildman–Crippen LogP) is 0.561. The largest absolute Gasteiger partial charge is 0.481 e. The second-order valence-electron chi connectivity index (χ2n) is 2.94. The summed E-state index contributed by atoms with van der Waals surface area (Å²) in [7, 11) is 1.52. The van der Waals surface area contributed by atoms with Gasteiger partial charge in [0, 0.05) is 12.0 Å². The molecule has 0 aromatic carbocycles. The number of hydrogen-bond acceptors (Lipinski definition) is 4. The summed E-state index contributed by atoms with van der Waals surface area (Å²) in [5.74, 6) is 0.0759. The van der Waals surface area contributed by atoms with Crippen LogP contribution in [0, 0.1) is 0 Å². The molecule has 0 radical (unpaired) electrons. The third-order valence-corrected chi connectivity index (χ3v) is 1.71. The van der Waals surface area contributed by atoms with E-state index in [0.29, 0.717) is 11.6 Å². The number of pyridine rings is 1. The zero-order valence-corrected chi connectivity index (χ0v) is 8.43. The Hall–Kier alpha value is -2.04. The van der Waals surface area contributed by atoms with Crippen LogP contribution in [0.1, 0.15) is 12.0 Å². The highest BCUT2D eigenvalue weighted by Crippen LogP contribution is 2.18. The Morgan fingerprint density at radius 3 is 3.00 bits per heavy atom. The van der Waals surface area contributed by atoms with E-state index < -0.39 is 0 Å². The second kappa shape index (κ2) is 4.99. The van der Waals surface area contributed by atoms with Gasteiger partial charge in [-0.05, 0) is 6.07 Å². The van der Waals surface area contributed by atoms with Gasteiger partial charge in [0.15, 0.2) is 0 Å². The first kappa shape index (κ1) is 11.0. The van der Waals surface area contributed by atoms with Crippen LogP contribution in [0.4, 0.5) is 5.69 Å². The average molecular weight is 207 g/mol. The van der Waals surface area contributed by atoms with Crippen molar-refractivity contribution in [2.24, 2.45) is 5.73 Å². The van der Waals surface area contributed by atoms with E-state index in [9.17, 15) is 4.79 Å². The smallest absolute Gasteiger partial charge is 0.221 e. The minimum atomic E-state index is -0.387. The molecule has 0 atom stereocenters. The van der Waals surface area contributed by atoms with Crippen LogP contribution in [0.5, 0.6) is 5.88 Å². The van der Waals surface area contributed by atoms with E-state index in [4.69, 9.17) is 16.2 Å². The van der Waals surface area contributed by atoms with Crippen LogP contribution in [-0.2, 0) is 4.79 Å². The lowest BCUT2D eigenvalue weighted by Crippen LogP contribution is -2.07. The van der Waals surface area contributed by atoms with Gasteiger partial charge in [-0.25, -0.2) is 4.98 Å². The van der Waals surface area contributed by atoms with E-state index >= 15 is 0 Å². The summed E-state index contributed by atoms with van der Waals surface area (Å²) in [6, 6.07) is 1.71. The first-order valence-corrected chi connectivity index (χ1v) is 4.38. The molecule has 0 fully saturated rings. The number of carbonyl (C=O) groups is 1. The maximum atomic E-state index is 10.5. The van der Waals surface area contributed by atoms with E-state index in [0.717, 1.165) is 5.56 Å². The van der Waals surface area contributed by atoms with Gasteiger partial charge in [0.25, 0.3) is 0 Å². The molecule has 0 bridgehead atoms. The number of nitrogens with two attached hydrogens (primary N) is 2. The lowest BCUT2D eigenvalue weighted by molar-refractivity contribution is -0.117. The van der Waals surface area contributed by atoms with Crippen molar-refractivity contribution >= 4 is 17.7 Å². The summed E-state index contributed by atoms with van der Waals surface area (Å²) < 4.78 is 5.02. The Morgan fingerprint density at radius 2 is 2.40 bits per heavy atom. The van der Waals surface area contributed by atoms with Gasteiger partial charge in [0.1, 0.15) is 0 Å². The highest BCUT2D eigenvalue weighted by Gasteiger charge is 2.01. The number of carbonyl (C=O) groups excluding carboxylic acids is 1. The molecule has 5 heteroatoms. The molecule has 4 N–H and O–H groups in total. The third kappa shape index (κ3) is 3.30. The van der Waals surface area contributed by atoms with Crippen molar-refractivity contribution in [2.45, 2.75) is 6.42 Å². The second-order valence-corrected chi connectivity index (χ2v) is 2.94. The molecule has 5 nitrogen and oxygen atoms in total. The average Bonchev–Trinajstić information content (AvgIpc) is 2.17. The first-order chi connectivity index (χ1) is 7.13. The van der Waals surface area contributed by atoms with Crippen LogP contribution < -0.4 is 16.2 Å². The molecule has 1 rings (SSSR count). The monoisotopic (exact) mass is 207 g/mol. The molecule has 1 heterocycles. The van der Waals surface area contributed by atoms with Crippen molar-refractivity contribution in [1.82, 2.24) is 4.98 Å². The van der Waals surface area contributed by atoms with E-state index in [1.54, 1.807) is 18.2 Å². The molecular weight excluding hydrogens is 194 g/mol. The number of ether oxygens (including phenoxy) is 1. The van der Waals surface area contributed by atoms with Gasteiger partial charge in [-0.15, -0.1) is 0 Å². The maximum absolute atomic E-state index is 10.5. The topological polar surface area (TPSA) is 91.2 Å². The van der Waals surface area contributed by atoms with Crippen molar-refractivity contribution in [1.29, 1.82) is 0 Å². The lowest BCUT2D eigenvalue weighted by Gasteiger charge is -2.03. The van der Waals surface area contributed by atoms with Crippen LogP contribution in [-0.4, -0.2) is 18.0 Å². The van der Waals surface area contributed by atoms with Gasteiger partial charge in [0.2, 0.25) is 11.8 Å². The SMILES string of the molecule is COc1ncc(N)cc1C=CCC(N)=O. The van der Waals surface area contributed by atoms with E-state index in [1.165, 1.54) is 13.3 Å². The van der Waals surface area contributed by atoms with Gasteiger partial charge in [-0.3, -0.25) is 4.79 Å². The van der Waals surface area contributed by atoms with Crippen LogP contribution in [0.2, 0.25) is 0 Å². The number of nitrogens with zero attached hydrogens (tertiary/aromatic N) is 1. The minimum absolute atomic E-state index is 0.179. The quantitative estimate of drug-likeness (QED) is 0.754. The molecule has 1 aromatic rings. The van der Waals surface area contributed by atoms with Gasteiger partial charge >= 0.3 is 0 Å². The highest BCUT2D eigenvalue weighted by molar-refractivity contribution is 5.76. The van der Waals surface area contributed by atoms with Crippen molar-refractivity contribution in [3.63, 3.8) is 0 Å². The molecule has 1 aromatic heterocycles. The minimum Gasteiger partial charge on any atom is -0.481 e. The molecule has 80 valence electrons. The Labute approximate surface area is 87.7 Å². The molecule has 0 spiro atoms. The molecule has 0 saturated heterocycles. The van der Waals surface area contributed by atoms with E-state index in [-0.39, 0.29) is 12.3 Å². The van der Waals surface area contributed by atoms with E-state index in [2.05, 4.69) is 4.98 Å². The number of hydrogen-bond donors (Lipinski definition) is 2. The number of primary amides is 1. The number of nitrogen functional groups attached to an aromatic ring is 1. The number of aromatic nitrogens is 1. The Bertz CT molecular complexity index is 388. The van der Waals surface area contributed by atoms with Gasteiger partial charge in [0.05, 0.1) is 19.0 Å². The zero-order chi connectivity index (χ0) is 11.3.